The van der Waals surface area contributed by atoms with Gasteiger partial charge in [0.25, 0.3) is 0 Å². The molecule has 0 saturated carbocycles. The van der Waals surface area contributed by atoms with Crippen LogP contribution in [-0.2, 0) is 10.8 Å². The van der Waals surface area contributed by atoms with Gasteiger partial charge in [0, 0.05) is 46.0 Å². The highest BCUT2D eigenvalue weighted by molar-refractivity contribution is 7.84. The zero-order valence-corrected chi connectivity index (χ0v) is 12.5. The van der Waals surface area contributed by atoms with Crippen molar-refractivity contribution in [2.24, 2.45) is 0 Å². The molecule has 0 radical (unpaired) electrons. The summed E-state index contributed by atoms with van der Waals surface area (Å²) in [6.07, 6.45) is 1.60. The second kappa shape index (κ2) is 7.11. The molecule has 8 heteroatoms. The van der Waals surface area contributed by atoms with Gasteiger partial charge < -0.3 is 10.6 Å². The van der Waals surface area contributed by atoms with Gasteiger partial charge in [-0.3, -0.25) is 4.21 Å². The minimum atomic E-state index is -0.903. The molecule has 106 valence electrons. The van der Waals surface area contributed by atoms with Crippen molar-refractivity contribution in [1.82, 2.24) is 14.9 Å². The number of carbonyl (C=O) groups is 1. The zero-order chi connectivity index (χ0) is 14.4. The summed E-state index contributed by atoms with van der Waals surface area (Å²) in [7, 11) is -0.903. The molecule has 0 saturated heterocycles. The smallest absolute Gasteiger partial charge is 0.319 e. The first kappa shape index (κ1) is 14.6. The van der Waals surface area contributed by atoms with E-state index >= 15 is 0 Å². The van der Waals surface area contributed by atoms with Crippen molar-refractivity contribution in [3.63, 3.8) is 0 Å². The molecule has 2 amide bonds. The third-order valence-electron chi connectivity index (χ3n) is 2.47. The third-order valence-corrected chi connectivity index (χ3v) is 3.76. The van der Waals surface area contributed by atoms with Crippen LogP contribution in [0.5, 0.6) is 0 Å². The van der Waals surface area contributed by atoms with Crippen LogP contribution in [0.2, 0.25) is 0 Å². The number of urea groups is 1. The van der Waals surface area contributed by atoms with E-state index in [0.29, 0.717) is 18.0 Å². The van der Waals surface area contributed by atoms with Crippen molar-refractivity contribution in [3.05, 3.63) is 29.6 Å². The second-order valence-electron chi connectivity index (χ2n) is 4.03. The molecule has 0 unspecified atom stereocenters. The maximum Gasteiger partial charge on any atom is 0.319 e. The summed E-state index contributed by atoms with van der Waals surface area (Å²) in [5.41, 5.74) is 2.45. The second-order valence-corrected chi connectivity index (χ2v) is 6.19. The van der Waals surface area contributed by atoms with Gasteiger partial charge in [0.1, 0.15) is 5.69 Å². The van der Waals surface area contributed by atoms with Crippen LogP contribution < -0.4 is 10.6 Å². The molecule has 2 rings (SSSR count). The van der Waals surface area contributed by atoms with Crippen LogP contribution >= 0.6 is 11.5 Å². The fourth-order valence-corrected chi connectivity index (χ4v) is 2.35. The number of hydrogen-bond acceptors (Lipinski definition) is 5. The molecule has 2 N–H and O–H groups in total. The summed E-state index contributed by atoms with van der Waals surface area (Å²) in [5, 5.41) is 11.2. The van der Waals surface area contributed by atoms with E-state index in [0.717, 1.165) is 11.3 Å². The summed E-state index contributed by atoms with van der Waals surface area (Å²) in [6.45, 7) is 0.386. The summed E-state index contributed by atoms with van der Waals surface area (Å²) in [4.78, 5) is 11.6. The monoisotopic (exact) mass is 310 g/mol. The fourth-order valence-electron chi connectivity index (χ4n) is 1.50. The highest BCUT2D eigenvalue weighted by Gasteiger charge is 2.03. The molecular formula is C12H14N4O2S2. The SMILES string of the molecule is C[S@](=O)CCNC(=O)Nc1ccc(-c2csnn2)cc1. The molecule has 2 aromatic rings. The number of nitrogens with zero attached hydrogens (tertiary/aromatic N) is 2. The standard InChI is InChI=1S/C12H14N4O2S2/c1-20(18)7-6-13-12(17)14-10-4-2-9(3-5-10)11-8-19-16-15-11/h2-5,8H,6-7H2,1H3,(H2,13,14,17)/t20-/m0/s1. The normalized spacial score (nSPS) is 11.8. The van der Waals surface area contributed by atoms with Crippen LogP contribution in [-0.4, -0.2) is 38.4 Å². The van der Waals surface area contributed by atoms with Crippen molar-refractivity contribution in [1.29, 1.82) is 0 Å². The van der Waals surface area contributed by atoms with Crippen molar-refractivity contribution in [2.75, 3.05) is 23.9 Å². The molecule has 1 aromatic heterocycles. The van der Waals surface area contributed by atoms with Crippen LogP contribution in [0, 0.1) is 0 Å². The van der Waals surface area contributed by atoms with E-state index in [9.17, 15) is 9.00 Å². The van der Waals surface area contributed by atoms with Crippen LogP contribution in [0.3, 0.4) is 0 Å². The van der Waals surface area contributed by atoms with Crippen molar-refractivity contribution < 1.29 is 9.00 Å². The Labute approximate surface area is 123 Å². The lowest BCUT2D eigenvalue weighted by atomic mass is 10.1. The first-order valence-electron chi connectivity index (χ1n) is 5.87. The van der Waals surface area contributed by atoms with Crippen LogP contribution in [0.4, 0.5) is 10.5 Å². The molecule has 0 aliphatic rings. The Balaban J connectivity index is 1.87. The van der Waals surface area contributed by atoms with Crippen molar-refractivity contribution in [2.45, 2.75) is 0 Å². The number of rotatable bonds is 5. The van der Waals surface area contributed by atoms with E-state index in [1.165, 1.54) is 11.5 Å². The fraction of sp³-hybridized carbons (Fsp3) is 0.250. The lowest BCUT2D eigenvalue weighted by Gasteiger charge is -2.07. The molecular weight excluding hydrogens is 296 g/mol. The van der Waals surface area contributed by atoms with E-state index in [-0.39, 0.29) is 6.03 Å². The lowest BCUT2D eigenvalue weighted by Crippen LogP contribution is -2.31. The van der Waals surface area contributed by atoms with Gasteiger partial charge in [-0.25, -0.2) is 4.79 Å². The van der Waals surface area contributed by atoms with Crippen molar-refractivity contribution in [3.8, 4) is 11.3 Å². The minimum absolute atomic E-state index is 0.307. The van der Waals surface area contributed by atoms with E-state index < -0.39 is 10.8 Å². The maximum atomic E-state index is 11.6. The van der Waals surface area contributed by atoms with Gasteiger partial charge in [-0.05, 0) is 23.7 Å². The number of hydrogen-bond donors (Lipinski definition) is 2. The maximum absolute atomic E-state index is 11.6. The predicted octanol–water partition coefficient (Wildman–Crippen LogP) is 1.71. The Morgan fingerprint density at radius 3 is 2.70 bits per heavy atom. The minimum Gasteiger partial charge on any atom is -0.337 e. The van der Waals surface area contributed by atoms with Gasteiger partial charge in [0.05, 0.1) is 0 Å². The number of carbonyl (C=O) groups excluding carboxylic acids is 1. The Morgan fingerprint density at radius 2 is 2.10 bits per heavy atom. The summed E-state index contributed by atoms with van der Waals surface area (Å²) in [6, 6.07) is 7.03. The predicted molar refractivity (Wildman–Crippen MR) is 81.3 cm³/mol. The average Bonchev–Trinajstić information content (AvgIpc) is 2.93. The molecule has 0 bridgehead atoms. The van der Waals surface area contributed by atoms with Gasteiger partial charge in [-0.15, -0.1) is 5.10 Å². The van der Waals surface area contributed by atoms with Gasteiger partial charge >= 0.3 is 6.03 Å². The summed E-state index contributed by atoms with van der Waals surface area (Å²) in [5.74, 6) is 0.448. The van der Waals surface area contributed by atoms with E-state index in [1.54, 1.807) is 18.4 Å². The largest absolute Gasteiger partial charge is 0.337 e. The Morgan fingerprint density at radius 1 is 1.35 bits per heavy atom. The third kappa shape index (κ3) is 4.39. The molecule has 20 heavy (non-hydrogen) atoms. The molecule has 1 atom stereocenters. The number of nitrogens with one attached hydrogen (secondary N) is 2. The number of aromatic nitrogens is 2. The lowest BCUT2D eigenvalue weighted by molar-refractivity contribution is 0.252. The zero-order valence-electron chi connectivity index (χ0n) is 10.8. The molecule has 0 spiro atoms. The van der Waals surface area contributed by atoms with E-state index in [4.69, 9.17) is 0 Å². The molecule has 6 nitrogen and oxygen atoms in total. The van der Waals surface area contributed by atoms with E-state index in [1.807, 2.05) is 17.5 Å². The summed E-state index contributed by atoms with van der Waals surface area (Å²) >= 11 is 1.29. The van der Waals surface area contributed by atoms with Crippen LogP contribution in [0.1, 0.15) is 0 Å². The molecule has 1 heterocycles. The Hall–Kier alpha value is -1.80. The van der Waals surface area contributed by atoms with Gasteiger partial charge in [-0.1, -0.05) is 16.6 Å². The number of benzene rings is 1. The first-order valence-corrected chi connectivity index (χ1v) is 8.44. The first-order chi connectivity index (χ1) is 9.65. The van der Waals surface area contributed by atoms with Gasteiger partial charge in [-0.2, -0.15) is 0 Å². The quantitative estimate of drug-likeness (QED) is 0.880. The highest BCUT2D eigenvalue weighted by Crippen LogP contribution is 2.19. The van der Waals surface area contributed by atoms with Crippen LogP contribution in [0.25, 0.3) is 11.3 Å². The Bertz CT molecular complexity index is 584. The van der Waals surface area contributed by atoms with Gasteiger partial charge in [0.15, 0.2) is 0 Å². The number of amides is 2. The van der Waals surface area contributed by atoms with Crippen LogP contribution in [0.15, 0.2) is 29.6 Å². The molecule has 0 fully saturated rings. The molecule has 1 aromatic carbocycles. The topological polar surface area (TPSA) is 84.0 Å². The highest BCUT2D eigenvalue weighted by atomic mass is 32.2. The Kier molecular flexibility index (Phi) is 5.19. The average molecular weight is 310 g/mol. The number of anilines is 1. The summed E-state index contributed by atoms with van der Waals surface area (Å²) < 4.78 is 14.7. The van der Waals surface area contributed by atoms with E-state index in [2.05, 4.69) is 20.2 Å². The van der Waals surface area contributed by atoms with Gasteiger partial charge in [0.2, 0.25) is 0 Å². The van der Waals surface area contributed by atoms with Crippen molar-refractivity contribution >= 4 is 34.1 Å². The molecule has 0 aliphatic carbocycles. The molecule has 0 aliphatic heterocycles.